The second-order valence-corrected chi connectivity index (χ2v) is 9.40. The van der Waals surface area contributed by atoms with E-state index in [0.717, 1.165) is 41.9 Å². The van der Waals surface area contributed by atoms with Gasteiger partial charge >= 0.3 is 5.97 Å². The summed E-state index contributed by atoms with van der Waals surface area (Å²) in [6, 6.07) is 9.68. The first kappa shape index (κ1) is 24.1. The summed E-state index contributed by atoms with van der Waals surface area (Å²) in [5.41, 5.74) is 6.59. The topological polar surface area (TPSA) is 51.5 Å². The minimum absolute atomic E-state index is 0.151. The number of ether oxygens (including phenoxy) is 1. The molecule has 6 heteroatoms. The maximum Gasteiger partial charge on any atom is 0.340 e. The van der Waals surface area contributed by atoms with Crippen LogP contribution < -0.4 is 0 Å². The number of aryl methyl sites for hydroxylation is 1. The van der Waals surface area contributed by atoms with Crippen LogP contribution in [0, 0.1) is 13.8 Å². The standard InChI is InChI=1S/C28H31ClN2O3/c1-18-15-22(19(2)31(18)24-12-8-11-23(29)17-24)16-25-26(28(33)34-4)20(3)30(27(25)32)14-13-21-9-6-5-7-10-21/h8-9,11-12,15-17H,5-7,10,13-14H2,1-4H3. The van der Waals surface area contributed by atoms with Crippen molar-refractivity contribution in [1.82, 2.24) is 9.47 Å². The van der Waals surface area contributed by atoms with E-state index < -0.39 is 5.97 Å². The number of allylic oxidation sites excluding steroid dienone is 2. The molecular formula is C28H31ClN2O3. The first-order chi connectivity index (χ1) is 16.3. The monoisotopic (exact) mass is 478 g/mol. The number of carbonyl (C=O) groups excluding carboxylic acids is 2. The van der Waals surface area contributed by atoms with Gasteiger partial charge in [0, 0.05) is 34.3 Å². The average molecular weight is 479 g/mol. The molecule has 1 aliphatic carbocycles. The lowest BCUT2D eigenvalue weighted by Gasteiger charge is -2.20. The highest BCUT2D eigenvalue weighted by Crippen LogP contribution is 2.34. The minimum Gasteiger partial charge on any atom is -0.465 e. The van der Waals surface area contributed by atoms with Crippen LogP contribution in [0.1, 0.15) is 56.0 Å². The molecule has 2 aromatic rings. The van der Waals surface area contributed by atoms with Crippen molar-refractivity contribution in [3.63, 3.8) is 0 Å². The van der Waals surface area contributed by atoms with Crippen LogP contribution in [0.25, 0.3) is 11.8 Å². The summed E-state index contributed by atoms with van der Waals surface area (Å²) in [6.45, 7) is 6.41. The summed E-state index contributed by atoms with van der Waals surface area (Å²) < 4.78 is 7.15. The quantitative estimate of drug-likeness (QED) is 0.277. The fraction of sp³-hybridized carbons (Fsp3) is 0.357. The first-order valence-corrected chi connectivity index (χ1v) is 12.2. The molecule has 1 aromatic carbocycles. The highest BCUT2D eigenvalue weighted by Gasteiger charge is 2.37. The van der Waals surface area contributed by atoms with E-state index in [1.54, 1.807) is 4.90 Å². The van der Waals surface area contributed by atoms with E-state index in [0.29, 0.717) is 28.4 Å². The van der Waals surface area contributed by atoms with Gasteiger partial charge in [0.05, 0.1) is 18.3 Å². The predicted molar refractivity (Wildman–Crippen MR) is 136 cm³/mol. The minimum atomic E-state index is -0.486. The highest BCUT2D eigenvalue weighted by atomic mass is 35.5. The van der Waals surface area contributed by atoms with Gasteiger partial charge < -0.3 is 14.2 Å². The second-order valence-electron chi connectivity index (χ2n) is 8.97. The van der Waals surface area contributed by atoms with Crippen molar-refractivity contribution in [1.29, 1.82) is 0 Å². The molecule has 1 aliphatic heterocycles. The van der Waals surface area contributed by atoms with Crippen LogP contribution in [0.4, 0.5) is 0 Å². The van der Waals surface area contributed by atoms with E-state index in [1.807, 2.05) is 57.2 Å². The lowest BCUT2D eigenvalue weighted by atomic mass is 9.97. The fourth-order valence-corrected chi connectivity index (χ4v) is 5.17. The molecule has 1 amide bonds. The van der Waals surface area contributed by atoms with Gasteiger partial charge in [0.15, 0.2) is 0 Å². The molecule has 0 unspecified atom stereocenters. The normalized spacial score (nSPS) is 17.6. The van der Waals surface area contributed by atoms with E-state index in [4.69, 9.17) is 16.3 Å². The van der Waals surface area contributed by atoms with Crippen LogP contribution in [-0.4, -0.2) is 35.0 Å². The Kier molecular flexibility index (Phi) is 7.13. The van der Waals surface area contributed by atoms with E-state index in [2.05, 4.69) is 10.6 Å². The molecule has 0 fully saturated rings. The Morgan fingerprint density at radius 3 is 2.65 bits per heavy atom. The Labute approximate surface area is 206 Å². The maximum absolute atomic E-state index is 13.5. The summed E-state index contributed by atoms with van der Waals surface area (Å²) in [7, 11) is 1.35. The van der Waals surface area contributed by atoms with Gasteiger partial charge in [0.2, 0.25) is 0 Å². The molecule has 0 saturated carbocycles. The zero-order valence-corrected chi connectivity index (χ0v) is 21.0. The van der Waals surface area contributed by atoms with Crippen LogP contribution in [-0.2, 0) is 14.3 Å². The maximum atomic E-state index is 13.5. The van der Waals surface area contributed by atoms with Crippen molar-refractivity contribution in [2.75, 3.05) is 13.7 Å². The highest BCUT2D eigenvalue weighted by molar-refractivity contribution is 6.30. The van der Waals surface area contributed by atoms with Gasteiger partial charge in [-0.25, -0.2) is 4.79 Å². The Hall–Kier alpha value is -3.05. The molecule has 0 saturated heterocycles. The van der Waals surface area contributed by atoms with Crippen LogP contribution in [0.15, 0.2) is 58.8 Å². The average Bonchev–Trinajstić information content (AvgIpc) is 3.24. The van der Waals surface area contributed by atoms with Gasteiger partial charge in [-0.3, -0.25) is 4.79 Å². The van der Waals surface area contributed by atoms with Gasteiger partial charge in [-0.1, -0.05) is 29.3 Å². The SMILES string of the molecule is COC(=O)C1=C(C)N(CCC2=CCCCC2)C(=O)C1=Cc1cc(C)n(-c2cccc(Cl)c2)c1C. The third-order valence-electron chi connectivity index (χ3n) is 6.78. The third-order valence-corrected chi connectivity index (χ3v) is 7.01. The van der Waals surface area contributed by atoms with Gasteiger partial charge in [0.1, 0.15) is 0 Å². The Balaban J connectivity index is 1.70. The van der Waals surface area contributed by atoms with Crippen molar-refractivity contribution < 1.29 is 14.3 Å². The number of amides is 1. The molecule has 0 atom stereocenters. The van der Waals surface area contributed by atoms with Gasteiger partial charge in [0.25, 0.3) is 5.91 Å². The lowest BCUT2D eigenvalue weighted by molar-refractivity contribution is -0.136. The molecule has 0 bridgehead atoms. The molecular weight excluding hydrogens is 448 g/mol. The van der Waals surface area contributed by atoms with E-state index in [9.17, 15) is 9.59 Å². The second kappa shape index (κ2) is 10.1. The van der Waals surface area contributed by atoms with Crippen LogP contribution >= 0.6 is 11.6 Å². The molecule has 1 aromatic heterocycles. The zero-order chi connectivity index (χ0) is 24.4. The summed E-state index contributed by atoms with van der Waals surface area (Å²) in [5.74, 6) is -0.637. The number of methoxy groups -OCH3 is 1. The number of rotatable bonds is 6. The number of carbonyl (C=O) groups is 2. The number of aromatic nitrogens is 1. The predicted octanol–water partition coefficient (Wildman–Crippen LogP) is 6.31. The summed E-state index contributed by atoms with van der Waals surface area (Å²) in [6.07, 6.45) is 9.58. The van der Waals surface area contributed by atoms with Crippen molar-refractivity contribution >= 4 is 29.6 Å². The van der Waals surface area contributed by atoms with Crippen molar-refractivity contribution in [3.8, 4) is 5.69 Å². The van der Waals surface area contributed by atoms with Crippen molar-refractivity contribution in [2.45, 2.75) is 52.9 Å². The van der Waals surface area contributed by atoms with Crippen molar-refractivity contribution in [2.24, 2.45) is 0 Å². The van der Waals surface area contributed by atoms with Crippen LogP contribution in [0.5, 0.6) is 0 Å². The van der Waals surface area contributed by atoms with Gasteiger partial charge in [-0.15, -0.1) is 0 Å². The lowest BCUT2D eigenvalue weighted by Crippen LogP contribution is -2.26. The molecule has 2 heterocycles. The van der Waals surface area contributed by atoms with E-state index in [-0.39, 0.29) is 5.91 Å². The summed E-state index contributed by atoms with van der Waals surface area (Å²) in [5, 5.41) is 0.658. The molecule has 5 nitrogen and oxygen atoms in total. The molecule has 178 valence electrons. The smallest absolute Gasteiger partial charge is 0.340 e. The fourth-order valence-electron chi connectivity index (χ4n) is 4.99. The third kappa shape index (κ3) is 4.62. The number of hydrogen-bond donors (Lipinski definition) is 0. The number of benzene rings is 1. The Morgan fingerprint density at radius 2 is 1.97 bits per heavy atom. The molecule has 0 N–H and O–H groups in total. The number of halogens is 1. The van der Waals surface area contributed by atoms with Crippen molar-refractivity contribution in [3.05, 3.63) is 80.8 Å². The molecule has 4 rings (SSSR count). The molecule has 0 spiro atoms. The molecule has 0 radical (unpaired) electrons. The Morgan fingerprint density at radius 1 is 1.18 bits per heavy atom. The van der Waals surface area contributed by atoms with Gasteiger partial charge in [-0.05, 0) is 88.8 Å². The first-order valence-electron chi connectivity index (χ1n) is 11.8. The summed E-state index contributed by atoms with van der Waals surface area (Å²) >= 11 is 6.21. The Bertz CT molecular complexity index is 1230. The largest absolute Gasteiger partial charge is 0.465 e. The van der Waals surface area contributed by atoms with E-state index >= 15 is 0 Å². The number of esters is 1. The van der Waals surface area contributed by atoms with Gasteiger partial charge in [-0.2, -0.15) is 0 Å². The molecule has 2 aliphatic rings. The van der Waals surface area contributed by atoms with E-state index in [1.165, 1.54) is 25.5 Å². The molecule has 34 heavy (non-hydrogen) atoms. The zero-order valence-electron chi connectivity index (χ0n) is 20.3. The number of nitrogens with zero attached hydrogens (tertiary/aromatic N) is 2. The van der Waals surface area contributed by atoms with Crippen LogP contribution in [0.3, 0.4) is 0 Å². The number of hydrogen-bond acceptors (Lipinski definition) is 3. The summed E-state index contributed by atoms with van der Waals surface area (Å²) in [4.78, 5) is 27.9. The van der Waals surface area contributed by atoms with Crippen LogP contribution in [0.2, 0.25) is 5.02 Å².